The Bertz CT molecular complexity index is 486. The summed E-state index contributed by atoms with van der Waals surface area (Å²) >= 11 is 6.98. The normalized spacial score (nSPS) is 17.1. The van der Waals surface area contributed by atoms with E-state index in [-0.39, 0.29) is 6.29 Å². The summed E-state index contributed by atoms with van der Waals surface area (Å²) < 4.78 is 12.2. The molecule has 1 fully saturated rings. The first-order valence-corrected chi connectivity index (χ1v) is 7.45. The number of hydrogen-bond acceptors (Lipinski definition) is 4. The molecule has 0 aromatic carbocycles. The van der Waals surface area contributed by atoms with Gasteiger partial charge in [-0.1, -0.05) is 0 Å². The standard InChI is InChI=1S/C11H9BrO2S2/c12-8-2-6-15-9(8)7-1-5-16-10(7)11-13-3-4-14-11/h1-2,5-6,11H,3-4H2. The summed E-state index contributed by atoms with van der Waals surface area (Å²) in [6, 6.07) is 4.19. The Hall–Kier alpha value is -0.200. The first-order chi connectivity index (χ1) is 7.86. The molecule has 2 aromatic rings. The van der Waals surface area contributed by atoms with Crippen LogP contribution in [0.25, 0.3) is 10.4 Å². The van der Waals surface area contributed by atoms with Gasteiger partial charge in [0.25, 0.3) is 0 Å². The van der Waals surface area contributed by atoms with E-state index in [1.807, 2.05) is 0 Å². The van der Waals surface area contributed by atoms with E-state index in [0.29, 0.717) is 13.2 Å². The van der Waals surface area contributed by atoms with Crippen LogP contribution in [-0.4, -0.2) is 13.2 Å². The fraction of sp³-hybridized carbons (Fsp3) is 0.273. The summed E-state index contributed by atoms with van der Waals surface area (Å²) in [5, 5.41) is 4.17. The quantitative estimate of drug-likeness (QED) is 0.823. The van der Waals surface area contributed by atoms with Gasteiger partial charge in [-0.3, -0.25) is 0 Å². The average molecular weight is 317 g/mol. The minimum Gasteiger partial charge on any atom is -0.345 e. The topological polar surface area (TPSA) is 18.5 Å². The van der Waals surface area contributed by atoms with Gasteiger partial charge in [-0.15, -0.1) is 22.7 Å². The Morgan fingerprint density at radius 3 is 2.56 bits per heavy atom. The zero-order valence-corrected chi connectivity index (χ0v) is 11.5. The van der Waals surface area contributed by atoms with Crippen LogP contribution in [0.2, 0.25) is 0 Å². The molecule has 1 aliphatic heterocycles. The predicted molar refractivity (Wildman–Crippen MR) is 70.0 cm³/mol. The van der Waals surface area contributed by atoms with E-state index >= 15 is 0 Å². The fourth-order valence-corrected chi connectivity index (χ4v) is 4.27. The number of thiophene rings is 2. The molecule has 0 unspecified atom stereocenters. The molecule has 2 aromatic heterocycles. The van der Waals surface area contributed by atoms with Gasteiger partial charge in [-0.25, -0.2) is 0 Å². The highest BCUT2D eigenvalue weighted by molar-refractivity contribution is 9.10. The van der Waals surface area contributed by atoms with Crippen molar-refractivity contribution in [2.24, 2.45) is 0 Å². The van der Waals surface area contributed by atoms with E-state index in [9.17, 15) is 0 Å². The molecule has 2 nitrogen and oxygen atoms in total. The summed E-state index contributed by atoms with van der Waals surface area (Å²) in [5.41, 5.74) is 1.22. The predicted octanol–water partition coefficient (Wildman–Crippen LogP) is 4.28. The molecule has 0 atom stereocenters. The van der Waals surface area contributed by atoms with Gasteiger partial charge in [0.1, 0.15) is 0 Å². The lowest BCUT2D eigenvalue weighted by Crippen LogP contribution is -1.96. The first kappa shape index (κ1) is 10.9. The van der Waals surface area contributed by atoms with Gasteiger partial charge in [-0.05, 0) is 38.8 Å². The molecule has 1 saturated heterocycles. The second kappa shape index (κ2) is 4.58. The summed E-state index contributed by atoms with van der Waals surface area (Å²) in [6.45, 7) is 1.38. The molecule has 0 bridgehead atoms. The van der Waals surface area contributed by atoms with Crippen LogP contribution in [0.15, 0.2) is 27.4 Å². The van der Waals surface area contributed by atoms with Crippen molar-refractivity contribution in [2.45, 2.75) is 6.29 Å². The third-order valence-electron chi connectivity index (χ3n) is 2.39. The van der Waals surface area contributed by atoms with E-state index < -0.39 is 0 Å². The fourth-order valence-electron chi connectivity index (χ4n) is 1.69. The van der Waals surface area contributed by atoms with Crippen molar-refractivity contribution in [2.75, 3.05) is 13.2 Å². The summed E-state index contributed by atoms with van der Waals surface area (Å²) in [4.78, 5) is 2.41. The van der Waals surface area contributed by atoms with Crippen LogP contribution in [-0.2, 0) is 9.47 Å². The van der Waals surface area contributed by atoms with Crippen molar-refractivity contribution in [1.29, 1.82) is 0 Å². The zero-order valence-electron chi connectivity index (χ0n) is 8.31. The molecule has 1 aliphatic rings. The Morgan fingerprint density at radius 2 is 1.88 bits per heavy atom. The van der Waals surface area contributed by atoms with Crippen molar-refractivity contribution in [3.63, 3.8) is 0 Å². The van der Waals surface area contributed by atoms with Crippen molar-refractivity contribution in [3.8, 4) is 10.4 Å². The van der Waals surface area contributed by atoms with Crippen molar-refractivity contribution >= 4 is 38.6 Å². The minimum atomic E-state index is -0.177. The van der Waals surface area contributed by atoms with Crippen LogP contribution >= 0.6 is 38.6 Å². The van der Waals surface area contributed by atoms with E-state index in [4.69, 9.17) is 9.47 Å². The van der Waals surface area contributed by atoms with Crippen LogP contribution in [0.5, 0.6) is 0 Å². The summed E-state index contributed by atoms with van der Waals surface area (Å²) in [7, 11) is 0. The Balaban J connectivity index is 2.02. The van der Waals surface area contributed by atoms with Gasteiger partial charge in [0.15, 0.2) is 6.29 Å². The second-order valence-corrected chi connectivity index (χ2v) is 6.09. The van der Waals surface area contributed by atoms with Crippen molar-refractivity contribution < 1.29 is 9.47 Å². The highest BCUT2D eigenvalue weighted by Gasteiger charge is 2.24. The molecule has 3 heterocycles. The highest BCUT2D eigenvalue weighted by Crippen LogP contribution is 2.42. The molecule has 0 saturated carbocycles. The van der Waals surface area contributed by atoms with Crippen molar-refractivity contribution in [1.82, 2.24) is 0 Å². The van der Waals surface area contributed by atoms with Crippen LogP contribution in [0.4, 0.5) is 0 Å². The van der Waals surface area contributed by atoms with E-state index in [1.54, 1.807) is 22.7 Å². The van der Waals surface area contributed by atoms with Crippen LogP contribution in [0.1, 0.15) is 11.2 Å². The van der Waals surface area contributed by atoms with Gasteiger partial charge in [0.05, 0.1) is 18.1 Å². The monoisotopic (exact) mass is 316 g/mol. The maximum absolute atomic E-state index is 5.55. The highest BCUT2D eigenvalue weighted by atomic mass is 79.9. The van der Waals surface area contributed by atoms with Gasteiger partial charge < -0.3 is 9.47 Å². The molecule has 5 heteroatoms. The Labute approximate surface area is 110 Å². The molecular weight excluding hydrogens is 308 g/mol. The lowest BCUT2D eigenvalue weighted by molar-refractivity contribution is -0.0409. The molecule has 0 N–H and O–H groups in total. The number of rotatable bonds is 2. The molecule has 0 aliphatic carbocycles. The SMILES string of the molecule is Brc1ccsc1-c1ccsc1C1OCCO1. The van der Waals surface area contributed by atoms with E-state index in [1.165, 1.54) is 15.3 Å². The number of hydrogen-bond donors (Lipinski definition) is 0. The maximum Gasteiger partial charge on any atom is 0.193 e. The van der Waals surface area contributed by atoms with E-state index in [2.05, 4.69) is 38.8 Å². The number of ether oxygens (including phenoxy) is 2. The van der Waals surface area contributed by atoms with Crippen LogP contribution in [0, 0.1) is 0 Å². The second-order valence-electron chi connectivity index (χ2n) is 3.37. The zero-order chi connectivity index (χ0) is 11.0. The summed E-state index contributed by atoms with van der Waals surface area (Å²) in [6.07, 6.45) is -0.177. The third-order valence-corrected chi connectivity index (χ3v) is 5.20. The molecule has 0 amide bonds. The van der Waals surface area contributed by atoms with Crippen molar-refractivity contribution in [3.05, 3.63) is 32.2 Å². The third kappa shape index (κ3) is 1.87. The molecule has 3 rings (SSSR count). The smallest absolute Gasteiger partial charge is 0.193 e. The first-order valence-electron chi connectivity index (χ1n) is 4.90. The number of halogens is 1. The molecule has 0 radical (unpaired) electrons. The average Bonchev–Trinajstić information content (AvgIpc) is 2.95. The minimum absolute atomic E-state index is 0.177. The molecular formula is C11H9BrO2S2. The van der Waals surface area contributed by atoms with Gasteiger partial charge in [-0.2, -0.15) is 0 Å². The summed E-state index contributed by atoms with van der Waals surface area (Å²) in [5.74, 6) is 0. The largest absolute Gasteiger partial charge is 0.345 e. The van der Waals surface area contributed by atoms with Crippen LogP contribution in [0.3, 0.4) is 0 Å². The van der Waals surface area contributed by atoms with Crippen LogP contribution < -0.4 is 0 Å². The van der Waals surface area contributed by atoms with Gasteiger partial charge >= 0.3 is 0 Å². The lowest BCUT2D eigenvalue weighted by atomic mass is 10.2. The molecule has 0 spiro atoms. The molecule has 16 heavy (non-hydrogen) atoms. The van der Waals surface area contributed by atoms with E-state index in [0.717, 1.165) is 4.47 Å². The Kier molecular flexibility index (Phi) is 3.13. The Morgan fingerprint density at radius 1 is 1.12 bits per heavy atom. The molecule has 84 valence electrons. The van der Waals surface area contributed by atoms with Gasteiger partial charge in [0, 0.05) is 14.9 Å². The lowest BCUT2D eigenvalue weighted by Gasteiger charge is -2.09. The van der Waals surface area contributed by atoms with Gasteiger partial charge in [0.2, 0.25) is 0 Å². The maximum atomic E-state index is 5.55.